The number of benzene rings is 1. The van der Waals surface area contributed by atoms with Crippen molar-refractivity contribution in [1.29, 1.82) is 0 Å². The fraction of sp³-hybridized carbons (Fsp3) is 0.167. The van der Waals surface area contributed by atoms with E-state index in [1.54, 1.807) is 23.9 Å². The largest absolute Gasteiger partial charge is 0.207 e. The van der Waals surface area contributed by atoms with Gasteiger partial charge < -0.3 is 0 Å². The molecule has 5 nitrogen and oxygen atoms in total. The molecule has 2 aromatic heterocycles. The standard InChI is InChI=1S/C12H10FN5S/c1-8(9-2-4-10(13)5-3-9)19-12-7-6-11-14-16-17-18(11)15-12/h2-8H,1H3. The molecule has 3 aromatic rings. The Bertz CT molecular complexity index is 697. The van der Waals surface area contributed by atoms with E-state index in [1.807, 2.05) is 19.1 Å². The average molecular weight is 275 g/mol. The lowest BCUT2D eigenvalue weighted by atomic mass is 10.2. The maximum atomic E-state index is 12.9. The summed E-state index contributed by atoms with van der Waals surface area (Å²) in [4.78, 5) is 0. The van der Waals surface area contributed by atoms with Crippen LogP contribution in [0, 0.1) is 5.82 Å². The van der Waals surface area contributed by atoms with Crippen LogP contribution >= 0.6 is 11.8 Å². The number of halogens is 1. The van der Waals surface area contributed by atoms with Crippen LogP contribution in [0.15, 0.2) is 41.4 Å². The molecule has 2 heterocycles. The molecule has 1 aromatic carbocycles. The highest BCUT2D eigenvalue weighted by molar-refractivity contribution is 7.99. The molecule has 7 heteroatoms. The third kappa shape index (κ3) is 2.55. The molecule has 0 aliphatic heterocycles. The third-order valence-corrected chi connectivity index (χ3v) is 3.77. The van der Waals surface area contributed by atoms with Gasteiger partial charge in [-0.15, -0.1) is 14.8 Å². The normalized spacial score (nSPS) is 12.7. The lowest BCUT2D eigenvalue weighted by molar-refractivity contribution is 0.627. The molecule has 0 radical (unpaired) electrons. The number of tetrazole rings is 1. The molecule has 19 heavy (non-hydrogen) atoms. The molecule has 96 valence electrons. The molecule has 0 saturated heterocycles. The van der Waals surface area contributed by atoms with Crippen molar-refractivity contribution in [3.05, 3.63) is 47.8 Å². The molecule has 3 rings (SSSR count). The first-order chi connectivity index (χ1) is 9.22. The summed E-state index contributed by atoms with van der Waals surface area (Å²) in [5, 5.41) is 16.4. The SMILES string of the molecule is CC(Sc1ccc2nnnn2n1)c1ccc(F)cc1. The maximum absolute atomic E-state index is 12.9. The van der Waals surface area contributed by atoms with E-state index in [-0.39, 0.29) is 11.1 Å². The van der Waals surface area contributed by atoms with E-state index in [1.165, 1.54) is 16.8 Å². The van der Waals surface area contributed by atoms with Gasteiger partial charge in [0.25, 0.3) is 0 Å². The Balaban J connectivity index is 1.81. The molecule has 0 fully saturated rings. The van der Waals surface area contributed by atoms with Crippen LogP contribution in [0.5, 0.6) is 0 Å². The minimum Gasteiger partial charge on any atom is -0.207 e. The van der Waals surface area contributed by atoms with Crippen molar-refractivity contribution in [2.75, 3.05) is 0 Å². The zero-order valence-corrected chi connectivity index (χ0v) is 10.9. The number of nitrogens with zero attached hydrogens (tertiary/aromatic N) is 5. The summed E-state index contributed by atoms with van der Waals surface area (Å²) in [7, 11) is 0. The second-order valence-corrected chi connectivity index (χ2v) is 5.37. The Kier molecular flexibility index (Phi) is 3.12. The summed E-state index contributed by atoms with van der Waals surface area (Å²) in [5.74, 6) is -0.228. The van der Waals surface area contributed by atoms with Gasteiger partial charge in [0.2, 0.25) is 0 Å². The predicted octanol–water partition coefficient (Wildman–Crippen LogP) is 2.51. The average Bonchev–Trinajstić information content (AvgIpc) is 2.87. The van der Waals surface area contributed by atoms with E-state index in [9.17, 15) is 4.39 Å². The van der Waals surface area contributed by atoms with Crippen LogP contribution in [0.25, 0.3) is 5.65 Å². The van der Waals surface area contributed by atoms with E-state index < -0.39 is 0 Å². The highest BCUT2D eigenvalue weighted by Crippen LogP contribution is 2.33. The number of thioether (sulfide) groups is 1. The quantitative estimate of drug-likeness (QED) is 0.687. The minimum absolute atomic E-state index is 0.169. The van der Waals surface area contributed by atoms with Gasteiger partial charge in [-0.05, 0) is 47.2 Å². The summed E-state index contributed by atoms with van der Waals surface area (Å²) < 4.78 is 14.3. The van der Waals surface area contributed by atoms with Gasteiger partial charge in [0.05, 0.1) is 0 Å². The number of aromatic nitrogens is 5. The number of fused-ring (bicyclic) bond motifs is 1. The van der Waals surface area contributed by atoms with Gasteiger partial charge in [-0.25, -0.2) is 4.39 Å². The summed E-state index contributed by atoms with van der Waals surface area (Å²) in [6.07, 6.45) is 0. The van der Waals surface area contributed by atoms with Gasteiger partial charge in [0, 0.05) is 5.25 Å². The molecule has 0 bridgehead atoms. The Hall–Kier alpha value is -2.02. The van der Waals surface area contributed by atoms with E-state index in [2.05, 4.69) is 20.6 Å². The number of rotatable bonds is 3. The van der Waals surface area contributed by atoms with Crippen molar-refractivity contribution in [2.24, 2.45) is 0 Å². The fourth-order valence-corrected chi connectivity index (χ4v) is 2.61. The summed E-state index contributed by atoms with van der Waals surface area (Å²) in [6, 6.07) is 10.2. The van der Waals surface area contributed by atoms with Gasteiger partial charge in [0.1, 0.15) is 10.8 Å². The maximum Gasteiger partial charge on any atom is 0.200 e. The van der Waals surface area contributed by atoms with Crippen LogP contribution in [0.1, 0.15) is 17.7 Å². The Morgan fingerprint density at radius 1 is 1.16 bits per heavy atom. The summed E-state index contributed by atoms with van der Waals surface area (Å²) in [5.41, 5.74) is 1.66. The molecule has 1 atom stereocenters. The molecule has 0 aliphatic rings. The molecular weight excluding hydrogens is 265 g/mol. The first-order valence-corrected chi connectivity index (χ1v) is 6.58. The van der Waals surface area contributed by atoms with Gasteiger partial charge >= 0.3 is 0 Å². The van der Waals surface area contributed by atoms with Crippen molar-refractivity contribution >= 4 is 17.4 Å². The molecule has 0 aliphatic carbocycles. The summed E-state index contributed by atoms with van der Waals surface area (Å²) in [6.45, 7) is 2.05. The topological polar surface area (TPSA) is 56.0 Å². The molecule has 0 saturated carbocycles. The van der Waals surface area contributed by atoms with Crippen molar-refractivity contribution in [2.45, 2.75) is 17.2 Å². The first kappa shape index (κ1) is 12.0. The van der Waals surface area contributed by atoms with Crippen LogP contribution in [-0.2, 0) is 0 Å². The van der Waals surface area contributed by atoms with Crippen molar-refractivity contribution in [1.82, 2.24) is 25.3 Å². The van der Waals surface area contributed by atoms with E-state index >= 15 is 0 Å². The second-order valence-electron chi connectivity index (χ2n) is 4.01. The van der Waals surface area contributed by atoms with Crippen LogP contribution in [-0.4, -0.2) is 25.3 Å². The predicted molar refractivity (Wildman–Crippen MR) is 69.2 cm³/mol. The van der Waals surface area contributed by atoms with Crippen LogP contribution in [0.4, 0.5) is 4.39 Å². The van der Waals surface area contributed by atoms with Gasteiger partial charge in [0.15, 0.2) is 5.65 Å². The number of hydrogen-bond acceptors (Lipinski definition) is 5. The van der Waals surface area contributed by atoms with Gasteiger partial charge in [-0.1, -0.05) is 23.9 Å². The van der Waals surface area contributed by atoms with Crippen LogP contribution in [0.3, 0.4) is 0 Å². The molecule has 0 amide bonds. The van der Waals surface area contributed by atoms with Crippen LogP contribution < -0.4 is 0 Å². The fourth-order valence-electron chi connectivity index (χ4n) is 1.68. The molecule has 0 spiro atoms. The first-order valence-electron chi connectivity index (χ1n) is 5.70. The zero-order valence-electron chi connectivity index (χ0n) is 10.1. The van der Waals surface area contributed by atoms with Crippen molar-refractivity contribution < 1.29 is 4.39 Å². The smallest absolute Gasteiger partial charge is 0.200 e. The Morgan fingerprint density at radius 3 is 2.74 bits per heavy atom. The molecule has 1 unspecified atom stereocenters. The van der Waals surface area contributed by atoms with Crippen LogP contribution in [0.2, 0.25) is 0 Å². The highest BCUT2D eigenvalue weighted by Gasteiger charge is 2.10. The monoisotopic (exact) mass is 275 g/mol. The van der Waals surface area contributed by atoms with E-state index in [0.717, 1.165) is 10.6 Å². The Labute approximate surface area is 112 Å². The lowest BCUT2D eigenvalue weighted by Gasteiger charge is -2.10. The van der Waals surface area contributed by atoms with Crippen molar-refractivity contribution in [3.8, 4) is 0 Å². The second kappa shape index (κ2) is 4.93. The molecular formula is C12H10FN5S. The third-order valence-electron chi connectivity index (χ3n) is 2.68. The van der Waals surface area contributed by atoms with E-state index in [0.29, 0.717) is 5.65 Å². The minimum atomic E-state index is -0.228. The zero-order chi connectivity index (χ0) is 13.2. The lowest BCUT2D eigenvalue weighted by Crippen LogP contribution is -1.97. The number of hydrogen-bond donors (Lipinski definition) is 0. The summed E-state index contributed by atoms with van der Waals surface area (Å²) >= 11 is 1.57. The van der Waals surface area contributed by atoms with Crippen molar-refractivity contribution in [3.63, 3.8) is 0 Å². The molecule has 0 N–H and O–H groups in total. The van der Waals surface area contributed by atoms with Gasteiger partial charge in [-0.2, -0.15) is 0 Å². The van der Waals surface area contributed by atoms with Gasteiger partial charge in [-0.3, -0.25) is 0 Å². The highest BCUT2D eigenvalue weighted by atomic mass is 32.2. The Morgan fingerprint density at radius 2 is 1.95 bits per heavy atom. The van der Waals surface area contributed by atoms with E-state index in [4.69, 9.17) is 0 Å².